The maximum absolute atomic E-state index is 12.3. The molecule has 0 saturated carbocycles. The molecule has 0 unspecified atom stereocenters. The van der Waals surface area contributed by atoms with Crippen LogP contribution < -0.4 is 5.32 Å². The molecule has 2 aromatic heterocycles. The first kappa shape index (κ1) is 16.6. The number of aromatic nitrogens is 2. The number of carbonyl (C=O) groups excluding carboxylic acids is 2. The van der Waals surface area contributed by atoms with Gasteiger partial charge in [0.15, 0.2) is 0 Å². The SMILES string of the molecule is CN(CCc1ccncc1)C(=O)C(=O)Nc1cccc2cccnc12. The molecule has 0 aliphatic rings. The standard InChI is InChI=1S/C19H18N4O2/c1-23(13-9-14-7-11-20-12-8-14)19(25)18(24)22-16-6-2-4-15-5-3-10-21-17(15)16/h2-8,10-12H,9,13H2,1H3,(H,22,24). The Labute approximate surface area is 145 Å². The van der Waals surface area contributed by atoms with Gasteiger partial charge < -0.3 is 10.2 Å². The van der Waals surface area contributed by atoms with Crippen molar-refractivity contribution in [2.75, 3.05) is 18.9 Å². The van der Waals surface area contributed by atoms with Crippen molar-refractivity contribution in [2.24, 2.45) is 0 Å². The zero-order valence-corrected chi connectivity index (χ0v) is 13.8. The van der Waals surface area contributed by atoms with Gasteiger partial charge in [0.2, 0.25) is 0 Å². The third-order valence-electron chi connectivity index (χ3n) is 3.91. The van der Waals surface area contributed by atoms with Crippen molar-refractivity contribution in [3.8, 4) is 0 Å². The molecule has 0 aliphatic carbocycles. The van der Waals surface area contributed by atoms with Crippen molar-refractivity contribution in [2.45, 2.75) is 6.42 Å². The summed E-state index contributed by atoms with van der Waals surface area (Å²) in [6.07, 6.45) is 5.73. The fraction of sp³-hybridized carbons (Fsp3) is 0.158. The Morgan fingerprint density at radius 2 is 1.80 bits per heavy atom. The molecule has 3 aromatic rings. The number of amides is 2. The van der Waals surface area contributed by atoms with Crippen LogP contribution in [-0.4, -0.2) is 40.3 Å². The maximum Gasteiger partial charge on any atom is 0.313 e. The van der Waals surface area contributed by atoms with E-state index in [1.54, 1.807) is 31.7 Å². The molecular formula is C19H18N4O2. The number of nitrogens with zero attached hydrogens (tertiary/aromatic N) is 3. The molecule has 6 heteroatoms. The minimum Gasteiger partial charge on any atom is -0.337 e. The van der Waals surface area contributed by atoms with Gasteiger partial charge in [-0.05, 0) is 36.2 Å². The molecule has 0 fully saturated rings. The van der Waals surface area contributed by atoms with Crippen LogP contribution >= 0.6 is 0 Å². The van der Waals surface area contributed by atoms with Crippen LogP contribution in [0.4, 0.5) is 5.69 Å². The molecular weight excluding hydrogens is 316 g/mol. The summed E-state index contributed by atoms with van der Waals surface area (Å²) in [5, 5.41) is 3.56. The lowest BCUT2D eigenvalue weighted by molar-refractivity contribution is -0.142. The van der Waals surface area contributed by atoms with Crippen LogP contribution in [0.15, 0.2) is 61.1 Å². The molecule has 0 aliphatic heterocycles. The summed E-state index contributed by atoms with van der Waals surface area (Å²) in [4.78, 5) is 34.2. The molecule has 0 bridgehead atoms. The number of benzene rings is 1. The van der Waals surface area contributed by atoms with Gasteiger partial charge in [0.05, 0.1) is 11.2 Å². The molecule has 2 heterocycles. The fourth-order valence-electron chi connectivity index (χ4n) is 2.50. The second-order valence-corrected chi connectivity index (χ2v) is 5.67. The molecule has 126 valence electrons. The van der Waals surface area contributed by atoms with Crippen molar-refractivity contribution in [3.63, 3.8) is 0 Å². The molecule has 3 rings (SSSR count). The number of anilines is 1. The second kappa shape index (κ2) is 7.53. The first-order valence-corrected chi connectivity index (χ1v) is 7.94. The first-order valence-electron chi connectivity index (χ1n) is 7.94. The number of fused-ring (bicyclic) bond motifs is 1. The second-order valence-electron chi connectivity index (χ2n) is 5.67. The van der Waals surface area contributed by atoms with Crippen LogP contribution in [0.25, 0.3) is 10.9 Å². The van der Waals surface area contributed by atoms with Crippen LogP contribution in [0.1, 0.15) is 5.56 Å². The predicted molar refractivity (Wildman–Crippen MR) is 96.0 cm³/mol. The third-order valence-corrected chi connectivity index (χ3v) is 3.91. The third kappa shape index (κ3) is 3.98. The van der Waals surface area contributed by atoms with Crippen LogP contribution in [-0.2, 0) is 16.0 Å². The average Bonchev–Trinajstić information content (AvgIpc) is 2.66. The van der Waals surface area contributed by atoms with Crippen LogP contribution in [0.2, 0.25) is 0 Å². The lowest BCUT2D eigenvalue weighted by atomic mass is 10.2. The van der Waals surface area contributed by atoms with E-state index in [0.29, 0.717) is 24.2 Å². The number of para-hydroxylation sites is 1. The molecule has 25 heavy (non-hydrogen) atoms. The predicted octanol–water partition coefficient (Wildman–Crippen LogP) is 2.27. The number of nitrogens with one attached hydrogen (secondary N) is 1. The summed E-state index contributed by atoms with van der Waals surface area (Å²) in [5.41, 5.74) is 2.25. The van der Waals surface area contributed by atoms with Crippen molar-refractivity contribution in [1.29, 1.82) is 0 Å². The van der Waals surface area contributed by atoms with Crippen molar-refractivity contribution >= 4 is 28.4 Å². The summed E-state index contributed by atoms with van der Waals surface area (Å²) < 4.78 is 0. The van der Waals surface area contributed by atoms with Gasteiger partial charge in [0.25, 0.3) is 0 Å². The van der Waals surface area contributed by atoms with E-state index >= 15 is 0 Å². The van der Waals surface area contributed by atoms with Gasteiger partial charge in [-0.2, -0.15) is 0 Å². The van der Waals surface area contributed by atoms with E-state index in [2.05, 4.69) is 15.3 Å². The molecule has 1 N–H and O–H groups in total. The summed E-state index contributed by atoms with van der Waals surface area (Å²) in [5.74, 6) is -1.25. The van der Waals surface area contributed by atoms with Gasteiger partial charge in [-0.1, -0.05) is 18.2 Å². The molecule has 0 radical (unpaired) electrons. The lowest BCUT2D eigenvalue weighted by Crippen LogP contribution is -2.38. The zero-order chi connectivity index (χ0) is 17.6. The Hall–Kier alpha value is -3.28. The first-order chi connectivity index (χ1) is 12.1. The Morgan fingerprint density at radius 3 is 2.60 bits per heavy atom. The average molecular weight is 334 g/mol. The van der Waals surface area contributed by atoms with Gasteiger partial charge in [0, 0.05) is 37.6 Å². The van der Waals surface area contributed by atoms with Crippen LogP contribution in [0.3, 0.4) is 0 Å². The van der Waals surface area contributed by atoms with E-state index in [1.807, 2.05) is 36.4 Å². The van der Waals surface area contributed by atoms with Crippen LogP contribution in [0, 0.1) is 0 Å². The summed E-state index contributed by atoms with van der Waals surface area (Å²) in [6.45, 7) is 0.448. The van der Waals surface area contributed by atoms with E-state index in [1.165, 1.54) is 4.90 Å². The number of rotatable bonds is 4. The minimum atomic E-state index is -0.671. The van der Waals surface area contributed by atoms with E-state index < -0.39 is 11.8 Å². The monoisotopic (exact) mass is 334 g/mol. The fourth-order valence-corrected chi connectivity index (χ4v) is 2.50. The van der Waals surface area contributed by atoms with Crippen molar-refractivity contribution in [1.82, 2.24) is 14.9 Å². The van der Waals surface area contributed by atoms with Gasteiger partial charge in [-0.15, -0.1) is 0 Å². The van der Waals surface area contributed by atoms with Crippen molar-refractivity contribution in [3.05, 3.63) is 66.6 Å². The molecule has 0 saturated heterocycles. The highest BCUT2D eigenvalue weighted by Gasteiger charge is 2.19. The molecule has 0 spiro atoms. The number of pyridine rings is 2. The minimum absolute atomic E-state index is 0.448. The number of hydrogen-bond acceptors (Lipinski definition) is 4. The Kier molecular flexibility index (Phi) is 4.99. The quantitative estimate of drug-likeness (QED) is 0.743. The molecule has 1 aromatic carbocycles. The van der Waals surface area contributed by atoms with Crippen molar-refractivity contribution < 1.29 is 9.59 Å². The van der Waals surface area contributed by atoms with Gasteiger partial charge in [-0.25, -0.2) is 0 Å². The highest BCUT2D eigenvalue weighted by atomic mass is 16.2. The molecule has 0 atom stereocenters. The lowest BCUT2D eigenvalue weighted by Gasteiger charge is -2.17. The maximum atomic E-state index is 12.3. The van der Waals surface area contributed by atoms with E-state index in [-0.39, 0.29) is 0 Å². The number of carbonyl (C=O) groups is 2. The largest absolute Gasteiger partial charge is 0.337 e. The smallest absolute Gasteiger partial charge is 0.313 e. The molecule has 6 nitrogen and oxygen atoms in total. The topological polar surface area (TPSA) is 75.2 Å². The summed E-state index contributed by atoms with van der Waals surface area (Å²) >= 11 is 0. The highest BCUT2D eigenvalue weighted by Crippen LogP contribution is 2.20. The number of hydrogen-bond donors (Lipinski definition) is 1. The van der Waals surface area contributed by atoms with Gasteiger partial charge in [0.1, 0.15) is 0 Å². The highest BCUT2D eigenvalue weighted by molar-refractivity contribution is 6.40. The van der Waals surface area contributed by atoms with E-state index in [4.69, 9.17) is 0 Å². The number of likely N-dealkylation sites (N-methyl/N-ethyl adjacent to an activating group) is 1. The summed E-state index contributed by atoms with van der Waals surface area (Å²) in [6, 6.07) is 13.0. The normalized spacial score (nSPS) is 10.4. The van der Waals surface area contributed by atoms with E-state index in [9.17, 15) is 9.59 Å². The Balaban J connectivity index is 1.64. The Bertz CT molecular complexity index is 891. The van der Waals surface area contributed by atoms with Gasteiger partial charge in [-0.3, -0.25) is 19.6 Å². The van der Waals surface area contributed by atoms with E-state index in [0.717, 1.165) is 10.9 Å². The Morgan fingerprint density at radius 1 is 1.04 bits per heavy atom. The van der Waals surface area contributed by atoms with Gasteiger partial charge >= 0.3 is 11.8 Å². The molecule has 2 amide bonds. The zero-order valence-electron chi connectivity index (χ0n) is 13.8. The summed E-state index contributed by atoms with van der Waals surface area (Å²) in [7, 11) is 1.62. The van der Waals surface area contributed by atoms with Crippen LogP contribution in [0.5, 0.6) is 0 Å².